The van der Waals surface area contributed by atoms with Gasteiger partial charge in [-0.1, -0.05) is 42.5 Å². The van der Waals surface area contributed by atoms with Gasteiger partial charge < -0.3 is 30.3 Å². The Bertz CT molecular complexity index is 941. The van der Waals surface area contributed by atoms with Crippen molar-refractivity contribution in [3.8, 4) is 5.75 Å². The van der Waals surface area contributed by atoms with Crippen LogP contribution in [0.15, 0.2) is 54.6 Å². The highest BCUT2D eigenvalue weighted by atomic mass is 16.6. The molecule has 0 heterocycles. The van der Waals surface area contributed by atoms with Crippen LogP contribution in [0.1, 0.15) is 31.9 Å². The molecule has 0 fully saturated rings. The monoisotopic (exact) mass is 444 g/mol. The fourth-order valence-electron chi connectivity index (χ4n) is 2.78. The van der Waals surface area contributed by atoms with Crippen molar-refractivity contribution >= 4 is 18.0 Å². The Morgan fingerprint density at radius 3 is 2.16 bits per heavy atom. The summed E-state index contributed by atoms with van der Waals surface area (Å²) < 4.78 is 10.5. The summed E-state index contributed by atoms with van der Waals surface area (Å²) in [6.07, 6.45) is -0.579. The third-order valence-corrected chi connectivity index (χ3v) is 4.24. The summed E-state index contributed by atoms with van der Waals surface area (Å²) in [5.41, 5.74) is -2.59. The first-order valence-corrected chi connectivity index (χ1v) is 10.0. The Hall–Kier alpha value is -3.59. The molecule has 32 heavy (non-hydrogen) atoms. The van der Waals surface area contributed by atoms with Crippen molar-refractivity contribution in [2.24, 2.45) is 0 Å². The average Bonchev–Trinajstić information content (AvgIpc) is 2.74. The minimum absolute atomic E-state index is 0.0932. The molecule has 0 unspecified atom stereocenters. The van der Waals surface area contributed by atoms with Crippen molar-refractivity contribution in [1.82, 2.24) is 10.6 Å². The van der Waals surface area contributed by atoms with Gasteiger partial charge in [-0.3, -0.25) is 4.79 Å². The van der Waals surface area contributed by atoms with Crippen molar-refractivity contribution in [2.75, 3.05) is 19.7 Å². The van der Waals surface area contributed by atoms with Gasteiger partial charge in [0.2, 0.25) is 5.60 Å². The van der Waals surface area contributed by atoms with Gasteiger partial charge in [0, 0.05) is 18.7 Å². The van der Waals surface area contributed by atoms with E-state index in [9.17, 15) is 24.6 Å². The van der Waals surface area contributed by atoms with Gasteiger partial charge in [0.1, 0.15) is 11.4 Å². The minimum atomic E-state index is -2.27. The highest BCUT2D eigenvalue weighted by Gasteiger charge is 2.40. The summed E-state index contributed by atoms with van der Waals surface area (Å²) >= 11 is 0. The molecule has 0 saturated carbocycles. The van der Waals surface area contributed by atoms with Gasteiger partial charge in [0.25, 0.3) is 5.91 Å². The minimum Gasteiger partial charge on any atom is -0.484 e. The molecule has 0 saturated heterocycles. The Kier molecular flexibility index (Phi) is 8.20. The number of carboxylic acids is 1. The zero-order valence-electron chi connectivity index (χ0n) is 18.3. The number of carbonyl (C=O) groups excluding carboxylic acids is 2. The number of hydrogen-bond donors (Lipinski definition) is 4. The van der Waals surface area contributed by atoms with Crippen LogP contribution < -0.4 is 15.4 Å². The summed E-state index contributed by atoms with van der Waals surface area (Å²) in [6.45, 7) is 5.27. The van der Waals surface area contributed by atoms with Gasteiger partial charge in [0.05, 0.1) is 0 Å². The van der Waals surface area contributed by atoms with Crippen LogP contribution in [0.25, 0.3) is 0 Å². The fourth-order valence-corrected chi connectivity index (χ4v) is 2.78. The lowest BCUT2D eigenvalue weighted by atomic mass is 9.86. The molecular weight excluding hydrogens is 416 g/mol. The van der Waals surface area contributed by atoms with Gasteiger partial charge >= 0.3 is 12.1 Å². The second-order valence-electron chi connectivity index (χ2n) is 7.98. The standard InChI is InChI=1S/C23H28N2O7/c1-22(2,3)32-21(29)25-13-12-24-19(26)15-31-18-11-7-10-17(14-18)23(30,20(27)28)16-8-5-4-6-9-16/h4-11,14,30H,12-13,15H2,1-3H3,(H,24,26)(H,25,29)(H,27,28)/t23-/m0/s1. The number of rotatable bonds is 9. The SMILES string of the molecule is CC(C)(C)OC(=O)NCCNC(=O)COc1cccc([C@](O)(C(=O)O)c2ccccc2)c1. The number of ether oxygens (including phenoxy) is 2. The van der Waals surface area contributed by atoms with E-state index >= 15 is 0 Å². The zero-order valence-corrected chi connectivity index (χ0v) is 18.3. The highest BCUT2D eigenvalue weighted by Crippen LogP contribution is 2.32. The van der Waals surface area contributed by atoms with Gasteiger partial charge in [-0.2, -0.15) is 0 Å². The molecule has 1 atom stereocenters. The molecule has 4 N–H and O–H groups in total. The molecule has 9 heteroatoms. The van der Waals surface area contributed by atoms with Gasteiger partial charge in [-0.25, -0.2) is 9.59 Å². The zero-order chi connectivity index (χ0) is 23.8. The first-order chi connectivity index (χ1) is 15.0. The Balaban J connectivity index is 1.91. The molecule has 0 aromatic heterocycles. The lowest BCUT2D eigenvalue weighted by Gasteiger charge is -2.25. The molecule has 0 spiro atoms. The van der Waals surface area contributed by atoms with E-state index < -0.39 is 29.2 Å². The summed E-state index contributed by atoms with van der Waals surface area (Å²) in [7, 11) is 0. The van der Waals surface area contributed by atoms with E-state index in [1.54, 1.807) is 45.0 Å². The topological polar surface area (TPSA) is 134 Å². The van der Waals surface area contributed by atoms with Crippen molar-refractivity contribution in [1.29, 1.82) is 0 Å². The molecule has 0 aliphatic rings. The fraction of sp³-hybridized carbons (Fsp3) is 0.348. The second-order valence-corrected chi connectivity index (χ2v) is 7.98. The van der Waals surface area contributed by atoms with E-state index in [0.717, 1.165) is 0 Å². The first-order valence-electron chi connectivity index (χ1n) is 10.0. The maximum absolute atomic E-state index is 12.0. The number of carboxylic acid groups (broad SMARTS) is 1. The number of alkyl carbamates (subject to hydrolysis) is 1. The Morgan fingerprint density at radius 1 is 0.906 bits per heavy atom. The average molecular weight is 444 g/mol. The van der Waals surface area contributed by atoms with Crippen molar-refractivity contribution < 1.29 is 34.1 Å². The molecule has 0 bridgehead atoms. The number of aliphatic carboxylic acids is 1. The second kappa shape index (κ2) is 10.6. The number of nitrogens with one attached hydrogen (secondary N) is 2. The van der Waals surface area contributed by atoms with E-state index in [4.69, 9.17) is 9.47 Å². The Morgan fingerprint density at radius 2 is 1.53 bits per heavy atom. The molecular formula is C23H28N2O7. The first kappa shape index (κ1) is 24.7. The molecule has 172 valence electrons. The van der Waals surface area contributed by atoms with Crippen LogP contribution in [0, 0.1) is 0 Å². The van der Waals surface area contributed by atoms with E-state index in [1.165, 1.54) is 30.3 Å². The lowest BCUT2D eigenvalue weighted by Crippen LogP contribution is -2.39. The molecule has 0 aliphatic carbocycles. The number of benzene rings is 2. The van der Waals surface area contributed by atoms with Crippen molar-refractivity contribution in [3.63, 3.8) is 0 Å². The normalized spacial score (nSPS) is 12.9. The van der Waals surface area contributed by atoms with Crippen LogP contribution in [0.3, 0.4) is 0 Å². The van der Waals surface area contributed by atoms with Crippen molar-refractivity contribution in [3.05, 3.63) is 65.7 Å². The number of hydrogen-bond acceptors (Lipinski definition) is 6. The summed E-state index contributed by atoms with van der Waals surface area (Å²) in [5.74, 6) is -1.64. The maximum atomic E-state index is 12.0. The van der Waals surface area contributed by atoms with Crippen LogP contribution in [0.4, 0.5) is 4.79 Å². The van der Waals surface area contributed by atoms with Crippen LogP contribution in [-0.4, -0.2) is 53.5 Å². The van der Waals surface area contributed by atoms with Gasteiger partial charge in [-0.05, 0) is 38.5 Å². The third-order valence-electron chi connectivity index (χ3n) is 4.24. The molecule has 2 amide bonds. The molecule has 9 nitrogen and oxygen atoms in total. The quantitative estimate of drug-likeness (QED) is 0.435. The lowest BCUT2D eigenvalue weighted by molar-refractivity contribution is -0.155. The predicted octanol–water partition coefficient (Wildman–Crippen LogP) is 2.03. The van der Waals surface area contributed by atoms with Crippen LogP contribution in [0.5, 0.6) is 5.75 Å². The highest BCUT2D eigenvalue weighted by molar-refractivity contribution is 5.84. The van der Waals surface area contributed by atoms with E-state index in [2.05, 4.69) is 10.6 Å². The molecule has 2 aromatic rings. The van der Waals surface area contributed by atoms with Gasteiger partial charge in [0.15, 0.2) is 6.61 Å². The van der Waals surface area contributed by atoms with E-state index in [0.29, 0.717) is 0 Å². The summed E-state index contributed by atoms with van der Waals surface area (Å²) in [5, 5.41) is 25.7. The van der Waals surface area contributed by atoms with E-state index in [1.807, 2.05) is 0 Å². The number of amides is 2. The van der Waals surface area contributed by atoms with Gasteiger partial charge in [-0.15, -0.1) is 0 Å². The molecule has 0 radical (unpaired) electrons. The maximum Gasteiger partial charge on any atom is 0.407 e. The van der Waals surface area contributed by atoms with Crippen LogP contribution in [0.2, 0.25) is 0 Å². The Labute approximate surface area is 186 Å². The molecule has 2 aromatic carbocycles. The van der Waals surface area contributed by atoms with Crippen LogP contribution in [-0.2, 0) is 19.9 Å². The largest absolute Gasteiger partial charge is 0.484 e. The molecule has 0 aliphatic heterocycles. The summed E-state index contributed by atoms with van der Waals surface area (Å²) in [4.78, 5) is 35.4. The third kappa shape index (κ3) is 6.98. The smallest absolute Gasteiger partial charge is 0.407 e. The number of aliphatic hydroxyl groups is 1. The van der Waals surface area contributed by atoms with Crippen molar-refractivity contribution in [2.45, 2.75) is 32.0 Å². The number of carbonyl (C=O) groups is 3. The predicted molar refractivity (Wildman–Crippen MR) is 116 cm³/mol. The van der Waals surface area contributed by atoms with E-state index in [-0.39, 0.29) is 36.6 Å². The van der Waals surface area contributed by atoms with Crippen LogP contribution >= 0.6 is 0 Å². The molecule has 2 rings (SSSR count). The summed E-state index contributed by atoms with van der Waals surface area (Å²) in [6, 6.07) is 13.9.